The Morgan fingerprint density at radius 1 is 1.09 bits per heavy atom. The monoisotopic (exact) mass is 509 g/mol. The molecule has 0 fully saturated rings. The maximum atomic E-state index is 13.4. The summed E-state index contributed by atoms with van der Waals surface area (Å²) in [7, 11) is 0.146. The van der Waals surface area contributed by atoms with E-state index >= 15 is 0 Å². The fourth-order valence-electron chi connectivity index (χ4n) is 3.18. The van der Waals surface area contributed by atoms with E-state index in [1.54, 1.807) is 48.8 Å². The standard InChI is InChI=1S/C21H21N3O3S.C2HF3O2/c1-23(2)14-15-27-19-9-4-8-18-17(19)11-13-24(18)28(25,26)20-10-3-6-16-7-5-12-22-21(16)20;3-2(4,5)1(6)7/h3-13H,14-15H2,1-2H3;(H,6,7). The number of aromatic nitrogens is 2. The smallest absolute Gasteiger partial charge is 0.490 e. The number of alkyl halides is 3. The normalized spacial score (nSPS) is 11.9. The molecule has 0 saturated heterocycles. The van der Waals surface area contributed by atoms with Crippen molar-refractivity contribution < 1.29 is 36.2 Å². The molecule has 35 heavy (non-hydrogen) atoms. The molecule has 8 nitrogen and oxygen atoms in total. The van der Waals surface area contributed by atoms with E-state index in [-0.39, 0.29) is 4.90 Å². The SMILES string of the molecule is CN(C)CCOc1cccc2c1ccn2S(=O)(=O)c1cccc2cccnc12.O=C(O)C(F)(F)F. The molecule has 4 aromatic rings. The van der Waals surface area contributed by atoms with E-state index in [0.29, 0.717) is 23.4 Å². The van der Waals surface area contributed by atoms with Crippen LogP contribution in [0.4, 0.5) is 13.2 Å². The van der Waals surface area contributed by atoms with Crippen LogP contribution in [0.25, 0.3) is 21.8 Å². The maximum absolute atomic E-state index is 13.4. The van der Waals surface area contributed by atoms with Gasteiger partial charge in [-0.05, 0) is 44.4 Å². The van der Waals surface area contributed by atoms with Gasteiger partial charge in [-0.1, -0.05) is 24.3 Å². The first-order chi connectivity index (χ1) is 16.4. The van der Waals surface area contributed by atoms with Crippen molar-refractivity contribution in [2.24, 2.45) is 0 Å². The van der Waals surface area contributed by atoms with Gasteiger partial charge < -0.3 is 14.7 Å². The summed E-state index contributed by atoms with van der Waals surface area (Å²) in [5, 5.41) is 8.67. The zero-order chi connectivity index (χ0) is 25.8. The van der Waals surface area contributed by atoms with Crippen LogP contribution in [-0.2, 0) is 14.8 Å². The molecule has 0 spiro atoms. The zero-order valence-corrected chi connectivity index (χ0v) is 19.5. The lowest BCUT2D eigenvalue weighted by atomic mass is 10.2. The van der Waals surface area contributed by atoms with Gasteiger partial charge in [-0.2, -0.15) is 13.2 Å². The fourth-order valence-corrected chi connectivity index (χ4v) is 4.70. The first kappa shape index (κ1) is 26.0. The third kappa shape index (κ3) is 5.89. The van der Waals surface area contributed by atoms with Crippen molar-refractivity contribution in [1.29, 1.82) is 0 Å². The second-order valence-corrected chi connectivity index (χ2v) is 9.37. The minimum Gasteiger partial charge on any atom is -0.492 e. The molecule has 186 valence electrons. The summed E-state index contributed by atoms with van der Waals surface area (Å²) in [6, 6.07) is 16.0. The van der Waals surface area contributed by atoms with Gasteiger partial charge in [0.1, 0.15) is 17.3 Å². The molecule has 0 bridgehead atoms. The average Bonchev–Trinajstić information content (AvgIpc) is 3.24. The van der Waals surface area contributed by atoms with Crippen LogP contribution in [0, 0.1) is 0 Å². The molecule has 0 aliphatic carbocycles. The van der Waals surface area contributed by atoms with Gasteiger partial charge in [0.25, 0.3) is 10.0 Å². The van der Waals surface area contributed by atoms with Crippen LogP contribution >= 0.6 is 0 Å². The van der Waals surface area contributed by atoms with Crippen LogP contribution in [0.2, 0.25) is 0 Å². The van der Waals surface area contributed by atoms with Gasteiger partial charge in [-0.25, -0.2) is 17.2 Å². The van der Waals surface area contributed by atoms with Gasteiger partial charge in [0.05, 0.1) is 11.0 Å². The van der Waals surface area contributed by atoms with E-state index in [9.17, 15) is 21.6 Å². The highest BCUT2D eigenvalue weighted by molar-refractivity contribution is 7.90. The van der Waals surface area contributed by atoms with Gasteiger partial charge in [0.15, 0.2) is 0 Å². The quantitative estimate of drug-likeness (QED) is 0.419. The summed E-state index contributed by atoms with van der Waals surface area (Å²) >= 11 is 0. The molecular weight excluding hydrogens is 487 g/mol. The van der Waals surface area contributed by atoms with Gasteiger partial charge in [0.2, 0.25) is 0 Å². The van der Waals surface area contributed by atoms with Gasteiger partial charge in [-0.3, -0.25) is 4.98 Å². The van der Waals surface area contributed by atoms with Crippen molar-refractivity contribution in [3.63, 3.8) is 0 Å². The second-order valence-electron chi connectivity index (χ2n) is 7.59. The number of benzene rings is 2. The van der Waals surface area contributed by atoms with Crippen molar-refractivity contribution >= 4 is 37.8 Å². The molecule has 12 heteroatoms. The minimum absolute atomic E-state index is 0.182. The van der Waals surface area contributed by atoms with Crippen LogP contribution in [0.15, 0.2) is 71.9 Å². The number of para-hydroxylation sites is 1. The summed E-state index contributed by atoms with van der Waals surface area (Å²) in [6.45, 7) is 1.30. The second kappa shape index (κ2) is 10.3. The Morgan fingerprint density at radius 3 is 2.40 bits per heavy atom. The van der Waals surface area contributed by atoms with E-state index < -0.39 is 22.2 Å². The zero-order valence-electron chi connectivity index (χ0n) is 18.7. The van der Waals surface area contributed by atoms with Gasteiger partial charge in [-0.15, -0.1) is 0 Å². The Hall–Kier alpha value is -3.64. The maximum Gasteiger partial charge on any atom is 0.490 e. The number of aliphatic carboxylic acids is 1. The predicted octanol–water partition coefficient (Wildman–Crippen LogP) is 4.00. The van der Waals surface area contributed by atoms with Crippen LogP contribution < -0.4 is 4.74 Å². The molecule has 0 saturated carbocycles. The Bertz CT molecular complexity index is 1440. The molecule has 0 radical (unpaired) electrons. The third-order valence-corrected chi connectivity index (χ3v) is 6.55. The van der Waals surface area contributed by atoms with Crippen LogP contribution in [0.3, 0.4) is 0 Å². The number of hydrogen-bond acceptors (Lipinski definition) is 6. The summed E-state index contributed by atoms with van der Waals surface area (Å²) in [4.78, 5) is 15.4. The molecule has 4 rings (SSSR count). The molecule has 2 heterocycles. The average molecular weight is 510 g/mol. The summed E-state index contributed by atoms with van der Waals surface area (Å²) < 4.78 is 65.7. The highest BCUT2D eigenvalue weighted by Crippen LogP contribution is 2.31. The van der Waals surface area contributed by atoms with Crippen LogP contribution in [-0.4, -0.2) is 66.8 Å². The number of pyridine rings is 1. The van der Waals surface area contributed by atoms with E-state index in [1.807, 2.05) is 37.2 Å². The summed E-state index contributed by atoms with van der Waals surface area (Å²) in [5.41, 5.74) is 1.04. The van der Waals surface area contributed by atoms with E-state index in [1.165, 1.54) is 3.97 Å². The van der Waals surface area contributed by atoms with Gasteiger partial charge in [0, 0.05) is 29.7 Å². The van der Waals surface area contributed by atoms with Crippen LogP contribution in [0.5, 0.6) is 5.75 Å². The lowest BCUT2D eigenvalue weighted by Gasteiger charge is -2.12. The van der Waals surface area contributed by atoms with Crippen molar-refractivity contribution in [1.82, 2.24) is 13.9 Å². The first-order valence-electron chi connectivity index (χ1n) is 10.2. The Balaban J connectivity index is 0.000000429. The molecular formula is C23H22F3N3O5S. The number of hydrogen-bond donors (Lipinski definition) is 1. The van der Waals surface area contributed by atoms with E-state index in [2.05, 4.69) is 4.98 Å². The number of ether oxygens (including phenoxy) is 1. The summed E-state index contributed by atoms with van der Waals surface area (Å²) in [5.74, 6) is -2.09. The lowest BCUT2D eigenvalue weighted by Crippen LogP contribution is -2.21. The number of likely N-dealkylation sites (N-methyl/N-ethyl adjacent to an activating group) is 1. The number of carboxylic acid groups (broad SMARTS) is 1. The van der Waals surface area contributed by atoms with E-state index in [4.69, 9.17) is 14.6 Å². The molecule has 0 aliphatic heterocycles. The summed E-state index contributed by atoms with van der Waals surface area (Å²) in [6.07, 6.45) is -1.91. The van der Waals surface area contributed by atoms with E-state index in [0.717, 1.165) is 17.3 Å². The predicted molar refractivity (Wildman–Crippen MR) is 124 cm³/mol. The number of nitrogens with zero attached hydrogens (tertiary/aromatic N) is 3. The topological polar surface area (TPSA) is 102 Å². The Kier molecular flexibility index (Phi) is 7.66. The number of halogens is 3. The number of carboxylic acids is 1. The Morgan fingerprint density at radius 2 is 1.74 bits per heavy atom. The fraction of sp³-hybridized carbons (Fsp3) is 0.217. The molecule has 0 atom stereocenters. The van der Waals surface area contributed by atoms with Crippen molar-refractivity contribution in [3.05, 3.63) is 67.0 Å². The van der Waals surface area contributed by atoms with Crippen molar-refractivity contribution in [2.75, 3.05) is 27.2 Å². The number of carbonyl (C=O) groups is 1. The third-order valence-electron chi connectivity index (χ3n) is 4.83. The molecule has 1 N–H and O–H groups in total. The highest BCUT2D eigenvalue weighted by atomic mass is 32.2. The van der Waals surface area contributed by atoms with Crippen molar-refractivity contribution in [2.45, 2.75) is 11.1 Å². The molecule has 0 amide bonds. The largest absolute Gasteiger partial charge is 0.492 e. The lowest BCUT2D eigenvalue weighted by molar-refractivity contribution is -0.192. The number of rotatable bonds is 6. The number of fused-ring (bicyclic) bond motifs is 2. The van der Waals surface area contributed by atoms with Crippen molar-refractivity contribution in [3.8, 4) is 5.75 Å². The van der Waals surface area contributed by atoms with Crippen LogP contribution in [0.1, 0.15) is 0 Å². The minimum atomic E-state index is -5.08. The first-order valence-corrected chi connectivity index (χ1v) is 11.6. The molecule has 0 aliphatic rings. The molecule has 2 aromatic carbocycles. The molecule has 2 aromatic heterocycles. The van der Waals surface area contributed by atoms with Gasteiger partial charge >= 0.3 is 12.1 Å². The Labute approximate surface area is 199 Å². The highest BCUT2D eigenvalue weighted by Gasteiger charge is 2.38. The molecule has 0 unspecified atom stereocenters.